The van der Waals surface area contributed by atoms with Gasteiger partial charge in [0.15, 0.2) is 0 Å². The van der Waals surface area contributed by atoms with E-state index in [2.05, 4.69) is 90.2 Å². The molecular weight excluding hydrogens is 385 g/mol. The van der Waals surface area contributed by atoms with Crippen LogP contribution in [0.25, 0.3) is 0 Å². The van der Waals surface area contributed by atoms with Crippen LogP contribution in [0.3, 0.4) is 0 Å². The standard InChI is InChI=1S/C27H26NOP/c1-21(27(29)22-13-5-2-6-14-22)28-25-19-11-12-20-26(25)30(23-15-7-3-8-16-23)24-17-9-4-10-18-24/h2-21,27-29H,1H3/t21-,27-/m0/s1. The molecule has 0 aliphatic heterocycles. The van der Waals surface area contributed by atoms with Crippen molar-refractivity contribution in [1.82, 2.24) is 0 Å². The van der Waals surface area contributed by atoms with Crippen molar-refractivity contribution in [1.29, 1.82) is 0 Å². The van der Waals surface area contributed by atoms with Crippen molar-refractivity contribution in [2.75, 3.05) is 5.32 Å². The third-order valence-corrected chi connectivity index (χ3v) is 7.67. The van der Waals surface area contributed by atoms with Crippen molar-refractivity contribution in [3.63, 3.8) is 0 Å². The molecule has 0 spiro atoms. The van der Waals surface area contributed by atoms with E-state index in [0.29, 0.717) is 0 Å². The Labute approximate surface area is 180 Å². The Hall–Kier alpha value is -2.93. The van der Waals surface area contributed by atoms with E-state index < -0.39 is 14.0 Å². The quantitative estimate of drug-likeness (QED) is 0.421. The van der Waals surface area contributed by atoms with Crippen LogP contribution in [0.2, 0.25) is 0 Å². The van der Waals surface area contributed by atoms with Gasteiger partial charge in [-0.25, -0.2) is 0 Å². The van der Waals surface area contributed by atoms with Gasteiger partial charge in [0.1, 0.15) is 0 Å². The molecule has 0 radical (unpaired) electrons. The predicted octanol–water partition coefficient (Wildman–Crippen LogP) is 4.98. The number of hydrogen-bond acceptors (Lipinski definition) is 2. The SMILES string of the molecule is C[C@H](Nc1ccccc1P(c1ccccc1)c1ccccc1)[C@H](O)c1ccccc1. The minimum absolute atomic E-state index is 0.128. The molecule has 3 heteroatoms. The van der Waals surface area contributed by atoms with Crippen LogP contribution in [-0.4, -0.2) is 11.1 Å². The molecule has 2 N–H and O–H groups in total. The highest BCUT2D eigenvalue weighted by molar-refractivity contribution is 7.80. The first kappa shape index (κ1) is 20.3. The molecular formula is C27H26NOP. The van der Waals surface area contributed by atoms with Gasteiger partial charge in [-0.2, -0.15) is 0 Å². The maximum atomic E-state index is 10.9. The summed E-state index contributed by atoms with van der Waals surface area (Å²) in [4.78, 5) is 0. The summed E-state index contributed by atoms with van der Waals surface area (Å²) in [7, 11) is -0.715. The van der Waals surface area contributed by atoms with Gasteiger partial charge in [0, 0.05) is 11.0 Å². The summed E-state index contributed by atoms with van der Waals surface area (Å²) in [6, 6.07) is 39.5. The fraction of sp³-hybridized carbons (Fsp3) is 0.111. The van der Waals surface area contributed by atoms with Gasteiger partial charge in [-0.15, -0.1) is 0 Å². The van der Waals surface area contributed by atoms with Crippen molar-refractivity contribution >= 4 is 29.5 Å². The molecule has 0 heterocycles. The van der Waals surface area contributed by atoms with Crippen molar-refractivity contribution in [3.8, 4) is 0 Å². The minimum atomic E-state index is -0.715. The molecule has 0 saturated carbocycles. The van der Waals surface area contributed by atoms with Crippen LogP contribution < -0.4 is 21.2 Å². The van der Waals surface area contributed by atoms with E-state index in [1.807, 2.05) is 37.3 Å². The van der Waals surface area contributed by atoms with Gasteiger partial charge in [0.05, 0.1) is 12.1 Å². The third kappa shape index (κ3) is 4.62. The molecule has 0 aromatic heterocycles. The Morgan fingerprint density at radius 3 is 1.67 bits per heavy atom. The first-order valence-electron chi connectivity index (χ1n) is 10.2. The second-order valence-corrected chi connectivity index (χ2v) is 9.50. The summed E-state index contributed by atoms with van der Waals surface area (Å²) < 4.78 is 0. The van der Waals surface area contributed by atoms with Crippen LogP contribution in [-0.2, 0) is 0 Å². The Morgan fingerprint density at radius 2 is 1.10 bits per heavy atom. The van der Waals surface area contributed by atoms with Crippen LogP contribution >= 0.6 is 7.92 Å². The molecule has 4 aromatic carbocycles. The van der Waals surface area contributed by atoms with Crippen molar-refractivity contribution < 1.29 is 5.11 Å². The lowest BCUT2D eigenvalue weighted by atomic mass is 10.0. The highest BCUT2D eigenvalue weighted by atomic mass is 31.1. The average Bonchev–Trinajstić information content (AvgIpc) is 2.82. The highest BCUT2D eigenvalue weighted by Crippen LogP contribution is 2.36. The zero-order valence-corrected chi connectivity index (χ0v) is 17.9. The summed E-state index contributed by atoms with van der Waals surface area (Å²) in [5.74, 6) is 0. The first-order valence-corrected chi connectivity index (χ1v) is 11.6. The maximum absolute atomic E-state index is 10.9. The normalized spacial score (nSPS) is 13.0. The Balaban J connectivity index is 1.70. The summed E-state index contributed by atoms with van der Waals surface area (Å²) in [6.45, 7) is 2.03. The molecule has 2 nitrogen and oxygen atoms in total. The maximum Gasteiger partial charge on any atom is 0.0988 e. The van der Waals surface area contributed by atoms with Crippen LogP contribution in [0, 0.1) is 0 Å². The summed E-state index contributed by atoms with van der Waals surface area (Å²) in [5, 5.41) is 18.3. The van der Waals surface area contributed by atoms with E-state index in [9.17, 15) is 5.11 Å². The second-order valence-electron chi connectivity index (χ2n) is 7.31. The molecule has 0 aliphatic rings. The number of benzene rings is 4. The zero-order chi connectivity index (χ0) is 20.8. The number of hydrogen-bond donors (Lipinski definition) is 2. The third-order valence-electron chi connectivity index (χ3n) is 5.17. The number of aliphatic hydroxyl groups is 1. The largest absolute Gasteiger partial charge is 0.386 e. The van der Waals surface area contributed by atoms with Crippen molar-refractivity contribution in [3.05, 3.63) is 121 Å². The molecule has 4 aromatic rings. The Kier molecular flexibility index (Phi) is 6.59. The topological polar surface area (TPSA) is 32.3 Å². The van der Waals surface area contributed by atoms with Crippen molar-refractivity contribution in [2.45, 2.75) is 19.1 Å². The minimum Gasteiger partial charge on any atom is -0.386 e. The lowest BCUT2D eigenvalue weighted by Crippen LogP contribution is -2.29. The number of aliphatic hydroxyl groups excluding tert-OH is 1. The molecule has 0 saturated heterocycles. The van der Waals surface area contributed by atoms with Gasteiger partial charge < -0.3 is 10.4 Å². The van der Waals surface area contributed by atoms with Crippen molar-refractivity contribution in [2.24, 2.45) is 0 Å². The van der Waals surface area contributed by atoms with E-state index in [-0.39, 0.29) is 6.04 Å². The number of anilines is 1. The molecule has 4 rings (SSSR count). The van der Waals surface area contributed by atoms with Gasteiger partial charge in [-0.3, -0.25) is 0 Å². The van der Waals surface area contributed by atoms with E-state index in [1.54, 1.807) is 0 Å². The van der Waals surface area contributed by atoms with Gasteiger partial charge in [0.2, 0.25) is 0 Å². The average molecular weight is 411 g/mol. The molecule has 0 unspecified atom stereocenters. The van der Waals surface area contributed by atoms with Gasteiger partial charge in [-0.05, 0) is 37.1 Å². The van der Waals surface area contributed by atoms with E-state index in [0.717, 1.165) is 11.3 Å². The van der Waals surface area contributed by atoms with Gasteiger partial charge in [-0.1, -0.05) is 109 Å². The Morgan fingerprint density at radius 1 is 0.633 bits per heavy atom. The number of nitrogens with one attached hydrogen (secondary N) is 1. The second kappa shape index (κ2) is 9.71. The smallest absolute Gasteiger partial charge is 0.0988 e. The van der Waals surface area contributed by atoms with Crippen LogP contribution in [0.1, 0.15) is 18.6 Å². The number of rotatable bonds is 7. The van der Waals surface area contributed by atoms with Crippen LogP contribution in [0.5, 0.6) is 0 Å². The molecule has 30 heavy (non-hydrogen) atoms. The highest BCUT2D eigenvalue weighted by Gasteiger charge is 2.22. The van der Waals surface area contributed by atoms with E-state index in [4.69, 9.17) is 0 Å². The predicted molar refractivity (Wildman–Crippen MR) is 130 cm³/mol. The van der Waals surface area contributed by atoms with Crippen LogP contribution in [0.15, 0.2) is 115 Å². The molecule has 2 atom stereocenters. The Bertz CT molecular complexity index is 1010. The van der Waals surface area contributed by atoms with Gasteiger partial charge in [0.25, 0.3) is 0 Å². The van der Waals surface area contributed by atoms with Crippen LogP contribution in [0.4, 0.5) is 5.69 Å². The van der Waals surface area contributed by atoms with E-state index in [1.165, 1.54) is 15.9 Å². The molecule has 0 aliphatic carbocycles. The fourth-order valence-electron chi connectivity index (χ4n) is 3.64. The molecule has 0 amide bonds. The fourth-order valence-corrected chi connectivity index (χ4v) is 6.05. The number of para-hydroxylation sites is 1. The molecule has 0 bridgehead atoms. The van der Waals surface area contributed by atoms with E-state index >= 15 is 0 Å². The summed E-state index contributed by atoms with van der Waals surface area (Å²) >= 11 is 0. The first-order chi connectivity index (χ1) is 14.7. The summed E-state index contributed by atoms with van der Waals surface area (Å²) in [5.41, 5.74) is 1.99. The molecule has 150 valence electrons. The summed E-state index contributed by atoms with van der Waals surface area (Å²) in [6.07, 6.45) is -0.584. The monoisotopic (exact) mass is 411 g/mol. The van der Waals surface area contributed by atoms with Gasteiger partial charge >= 0.3 is 0 Å². The zero-order valence-electron chi connectivity index (χ0n) is 17.0. The lowest BCUT2D eigenvalue weighted by molar-refractivity contribution is 0.161. The molecule has 0 fully saturated rings. The lowest BCUT2D eigenvalue weighted by Gasteiger charge is -2.26.